The van der Waals surface area contributed by atoms with E-state index >= 15 is 0 Å². The minimum Gasteiger partial charge on any atom is -0.545 e. The first kappa shape index (κ1) is 23.0. The molecule has 0 radical (unpaired) electrons. The number of hydrogen-bond acceptors (Lipinski definition) is 4. The molecule has 2 aromatic carbocycles. The van der Waals surface area contributed by atoms with Crippen LogP contribution in [0.2, 0.25) is 0 Å². The van der Waals surface area contributed by atoms with Gasteiger partial charge in [-0.05, 0) is 63.8 Å². The Hall–Kier alpha value is -2.00. The number of carbonyl (C=O) groups is 2. The summed E-state index contributed by atoms with van der Waals surface area (Å²) < 4.78 is 0. The van der Waals surface area contributed by atoms with Gasteiger partial charge in [0.1, 0.15) is 0 Å². The summed E-state index contributed by atoms with van der Waals surface area (Å²) in [7, 11) is 0. The summed E-state index contributed by atoms with van der Waals surface area (Å²) in [6.07, 6.45) is 0. The molecule has 25 heavy (non-hydrogen) atoms. The summed E-state index contributed by atoms with van der Waals surface area (Å²) in [6.45, 7) is 11.0. The molecule has 0 N–H and O–H groups in total. The second-order valence-electron chi connectivity index (χ2n) is 6.12. The molecule has 0 aliphatic rings. The molecule has 0 atom stereocenters. The molecule has 0 saturated heterocycles. The molecule has 4 nitrogen and oxygen atoms in total. The monoisotopic (exact) mass is 390 g/mol. The Balaban J connectivity index is 0.000000443. The van der Waals surface area contributed by atoms with Gasteiger partial charge in [-0.2, -0.15) is 0 Å². The molecule has 0 bridgehead atoms. The maximum absolute atomic E-state index is 10.6. The van der Waals surface area contributed by atoms with Crippen molar-refractivity contribution in [1.29, 1.82) is 0 Å². The van der Waals surface area contributed by atoms with Crippen LogP contribution in [0.4, 0.5) is 0 Å². The van der Waals surface area contributed by atoms with E-state index in [-0.39, 0.29) is 19.5 Å². The fraction of sp³-hybridized carbons (Fsp3) is 0.300. The van der Waals surface area contributed by atoms with Crippen LogP contribution in [-0.4, -0.2) is 11.9 Å². The predicted octanol–water partition coefficient (Wildman–Crippen LogP) is 1.95. The zero-order chi connectivity index (χ0) is 18.6. The summed E-state index contributed by atoms with van der Waals surface area (Å²) in [4.78, 5) is 21.3. The molecule has 0 aliphatic heterocycles. The van der Waals surface area contributed by atoms with Gasteiger partial charge in [-0.1, -0.05) is 35.4 Å². The number of rotatable bonds is 2. The van der Waals surface area contributed by atoms with Crippen LogP contribution in [0.15, 0.2) is 24.3 Å². The number of aryl methyl sites for hydroxylation is 6. The molecule has 2 rings (SSSR count). The minimum absolute atomic E-state index is 0. The molecule has 0 amide bonds. The molecule has 0 spiro atoms. The predicted molar refractivity (Wildman–Crippen MR) is 90.0 cm³/mol. The van der Waals surface area contributed by atoms with Gasteiger partial charge in [0.2, 0.25) is 0 Å². The summed E-state index contributed by atoms with van der Waals surface area (Å²) in [5, 5.41) is 21.3. The van der Waals surface area contributed by atoms with Crippen LogP contribution in [-0.2, 0) is 19.5 Å². The normalized spacial score (nSPS) is 9.52. The van der Waals surface area contributed by atoms with Crippen molar-refractivity contribution in [3.8, 4) is 0 Å². The van der Waals surface area contributed by atoms with Gasteiger partial charge < -0.3 is 19.8 Å². The SMILES string of the molecule is Cc1cc(C)c(C(=O)[O-])c(C)c1.Cc1cc(C)c(C(=O)[O-])c(C)c1.[Zn+2]. The zero-order valence-electron chi connectivity index (χ0n) is 15.6. The van der Waals surface area contributed by atoms with Gasteiger partial charge in [0.15, 0.2) is 0 Å². The fourth-order valence-corrected chi connectivity index (χ4v) is 3.00. The maximum Gasteiger partial charge on any atom is 2.00 e. The van der Waals surface area contributed by atoms with Crippen LogP contribution in [0.5, 0.6) is 0 Å². The molecule has 0 unspecified atom stereocenters. The van der Waals surface area contributed by atoms with Crippen LogP contribution in [0.25, 0.3) is 0 Å². The van der Waals surface area contributed by atoms with Gasteiger partial charge in [0, 0.05) is 11.1 Å². The van der Waals surface area contributed by atoms with E-state index in [1.54, 1.807) is 27.7 Å². The summed E-state index contributed by atoms with van der Waals surface area (Å²) in [5.41, 5.74) is 5.88. The average molecular weight is 392 g/mol. The number of aromatic carboxylic acids is 2. The molecule has 2 aromatic rings. The van der Waals surface area contributed by atoms with Gasteiger partial charge >= 0.3 is 19.5 Å². The van der Waals surface area contributed by atoms with Crippen LogP contribution in [0.3, 0.4) is 0 Å². The number of benzene rings is 2. The molecular formula is C20H22O4Zn. The first-order valence-corrected chi connectivity index (χ1v) is 7.63. The van der Waals surface area contributed by atoms with Crippen molar-refractivity contribution in [2.24, 2.45) is 0 Å². The summed E-state index contributed by atoms with van der Waals surface area (Å²) in [6, 6.07) is 7.38. The molecule has 0 fully saturated rings. The Bertz CT molecular complexity index is 681. The van der Waals surface area contributed by atoms with E-state index in [1.807, 2.05) is 38.1 Å². The van der Waals surface area contributed by atoms with Gasteiger partial charge in [0.05, 0.1) is 11.9 Å². The molecule has 0 saturated carbocycles. The molecule has 5 heteroatoms. The van der Waals surface area contributed by atoms with Crippen molar-refractivity contribution in [3.63, 3.8) is 0 Å². The molecule has 128 valence electrons. The number of hydrogen-bond donors (Lipinski definition) is 0. The third kappa shape index (κ3) is 6.10. The Morgan fingerprint density at radius 1 is 0.600 bits per heavy atom. The largest absolute Gasteiger partial charge is 2.00 e. The molecule has 0 aromatic heterocycles. The van der Waals surface area contributed by atoms with E-state index < -0.39 is 11.9 Å². The van der Waals surface area contributed by atoms with E-state index in [0.717, 1.165) is 33.4 Å². The Morgan fingerprint density at radius 2 is 0.800 bits per heavy atom. The number of carboxylic acid groups (broad SMARTS) is 2. The van der Waals surface area contributed by atoms with Gasteiger partial charge in [-0.25, -0.2) is 0 Å². The average Bonchev–Trinajstić information content (AvgIpc) is 2.35. The smallest absolute Gasteiger partial charge is 0.545 e. The first-order valence-electron chi connectivity index (χ1n) is 7.63. The van der Waals surface area contributed by atoms with Crippen molar-refractivity contribution in [1.82, 2.24) is 0 Å². The third-order valence-corrected chi connectivity index (χ3v) is 3.76. The van der Waals surface area contributed by atoms with E-state index in [9.17, 15) is 19.8 Å². The fourth-order valence-electron chi connectivity index (χ4n) is 3.00. The third-order valence-electron chi connectivity index (χ3n) is 3.76. The van der Waals surface area contributed by atoms with E-state index in [4.69, 9.17) is 0 Å². The topological polar surface area (TPSA) is 80.3 Å². The molecular weight excluding hydrogens is 370 g/mol. The van der Waals surface area contributed by atoms with Crippen LogP contribution in [0.1, 0.15) is 54.1 Å². The molecule has 0 heterocycles. The van der Waals surface area contributed by atoms with Crippen molar-refractivity contribution in [2.75, 3.05) is 0 Å². The molecule has 0 aliphatic carbocycles. The van der Waals surface area contributed by atoms with Gasteiger partial charge in [-0.15, -0.1) is 0 Å². The Labute approximate surface area is 161 Å². The van der Waals surface area contributed by atoms with Crippen molar-refractivity contribution >= 4 is 11.9 Å². The van der Waals surface area contributed by atoms with Crippen LogP contribution in [0, 0.1) is 41.5 Å². The quantitative estimate of drug-likeness (QED) is 0.733. The van der Waals surface area contributed by atoms with Crippen LogP contribution >= 0.6 is 0 Å². The second-order valence-corrected chi connectivity index (χ2v) is 6.12. The van der Waals surface area contributed by atoms with Crippen molar-refractivity contribution in [3.05, 3.63) is 68.8 Å². The van der Waals surface area contributed by atoms with E-state index in [1.165, 1.54) is 0 Å². The number of carboxylic acids is 2. The minimum atomic E-state index is -1.09. The van der Waals surface area contributed by atoms with Crippen LogP contribution < -0.4 is 10.2 Å². The van der Waals surface area contributed by atoms with E-state index in [2.05, 4.69) is 0 Å². The number of carbonyl (C=O) groups excluding carboxylic acids is 2. The summed E-state index contributed by atoms with van der Waals surface area (Å²) >= 11 is 0. The van der Waals surface area contributed by atoms with Gasteiger partial charge in [0.25, 0.3) is 0 Å². The Morgan fingerprint density at radius 3 is 0.960 bits per heavy atom. The van der Waals surface area contributed by atoms with Gasteiger partial charge in [-0.3, -0.25) is 0 Å². The first-order chi connectivity index (χ1) is 11.0. The van der Waals surface area contributed by atoms with E-state index in [0.29, 0.717) is 11.1 Å². The second kappa shape index (κ2) is 9.48. The van der Waals surface area contributed by atoms with Crippen molar-refractivity contribution in [2.45, 2.75) is 41.5 Å². The van der Waals surface area contributed by atoms with Crippen molar-refractivity contribution < 1.29 is 39.3 Å². The summed E-state index contributed by atoms with van der Waals surface area (Å²) in [5.74, 6) is -2.19. The standard InChI is InChI=1S/2C10H12O2.Zn/c2*1-6-4-7(2)9(10(11)12)8(3)5-6;/h2*4-5H,1-3H3,(H,11,12);/q;;+2/p-2. The maximum atomic E-state index is 10.6. The Kier molecular flexibility index (Phi) is 8.72. The zero-order valence-corrected chi connectivity index (χ0v) is 18.6.